The van der Waals surface area contributed by atoms with Crippen LogP contribution in [-0.4, -0.2) is 11.7 Å². The molecular weight excluding hydrogens is 396 g/mol. The standard InChI is InChI=1S/C12H27Br2ClSi2/c1-10(2,3)16(11(4,5)6,12(7,8)9)17(13,14)15/h1-9H3. The van der Waals surface area contributed by atoms with E-state index in [1.807, 2.05) is 0 Å². The van der Waals surface area contributed by atoms with Crippen LogP contribution >= 0.6 is 41.7 Å². The molecule has 0 N–H and O–H groups in total. The van der Waals surface area contributed by atoms with Gasteiger partial charge >= 0.3 is 0 Å². The van der Waals surface area contributed by atoms with Crippen molar-refractivity contribution in [3.63, 3.8) is 0 Å². The molecule has 5 heteroatoms. The van der Waals surface area contributed by atoms with Gasteiger partial charge < -0.3 is 0 Å². The van der Waals surface area contributed by atoms with Crippen LogP contribution in [-0.2, 0) is 0 Å². The Morgan fingerprint density at radius 2 is 0.824 bits per heavy atom. The highest BCUT2D eigenvalue weighted by Gasteiger charge is 2.70. The van der Waals surface area contributed by atoms with Crippen LogP contribution in [0.5, 0.6) is 0 Å². The van der Waals surface area contributed by atoms with Crippen molar-refractivity contribution >= 4 is 53.4 Å². The third-order valence-electron chi connectivity index (χ3n) is 3.80. The molecule has 0 aromatic rings. The maximum atomic E-state index is 6.94. The first kappa shape index (κ1) is 18.7. The quantitative estimate of drug-likeness (QED) is 0.319. The van der Waals surface area contributed by atoms with Gasteiger partial charge in [-0.25, -0.2) is 0 Å². The summed E-state index contributed by atoms with van der Waals surface area (Å²) in [4.78, 5) is 0. The number of halogens is 3. The average Bonchev–Trinajstić information content (AvgIpc) is 1.67. The van der Waals surface area contributed by atoms with Crippen molar-refractivity contribution in [2.24, 2.45) is 0 Å². The predicted molar refractivity (Wildman–Crippen MR) is 94.4 cm³/mol. The van der Waals surface area contributed by atoms with Crippen LogP contribution in [0.2, 0.25) is 15.1 Å². The van der Waals surface area contributed by atoms with Gasteiger partial charge in [0.2, 0.25) is 0 Å². The first-order valence-corrected chi connectivity index (χ1v) is 16.6. The fourth-order valence-corrected chi connectivity index (χ4v) is 61.4. The summed E-state index contributed by atoms with van der Waals surface area (Å²) in [5, 5.41) is 0.722. The molecule has 0 unspecified atom stereocenters. The second kappa shape index (κ2) is 4.90. The lowest BCUT2D eigenvalue weighted by atomic mass is 10.2. The molecule has 0 radical (unpaired) electrons. The molecule has 0 aliphatic rings. The van der Waals surface area contributed by atoms with Crippen molar-refractivity contribution in [2.45, 2.75) is 77.4 Å². The van der Waals surface area contributed by atoms with Crippen LogP contribution in [0.4, 0.5) is 0 Å². The van der Waals surface area contributed by atoms with Crippen LogP contribution in [0, 0.1) is 0 Å². The van der Waals surface area contributed by atoms with E-state index in [1.54, 1.807) is 0 Å². The fourth-order valence-electron chi connectivity index (χ4n) is 4.65. The Kier molecular flexibility index (Phi) is 5.39. The van der Waals surface area contributed by atoms with Crippen LogP contribution in [0.1, 0.15) is 62.3 Å². The maximum Gasteiger partial charge on any atom is 0.279 e. The van der Waals surface area contributed by atoms with Gasteiger partial charge in [-0.1, -0.05) is 92.9 Å². The summed E-state index contributed by atoms with van der Waals surface area (Å²) in [6.07, 6.45) is 0. The minimum Gasteiger partial charge on any atom is -0.141 e. The minimum absolute atomic E-state index is 0.241. The van der Waals surface area contributed by atoms with Gasteiger partial charge in [0.15, 0.2) is 0 Å². The Morgan fingerprint density at radius 1 is 0.647 bits per heavy atom. The average molecular weight is 423 g/mol. The molecule has 0 aliphatic carbocycles. The normalized spacial score (nSPS) is 16.2. The largest absolute Gasteiger partial charge is 0.279 e. The summed E-state index contributed by atoms with van der Waals surface area (Å²) in [7, 11) is -1.86. The zero-order chi connectivity index (χ0) is 14.5. The summed E-state index contributed by atoms with van der Waals surface area (Å²) in [5.41, 5.74) is 0. The summed E-state index contributed by atoms with van der Waals surface area (Å²) in [5.74, 6) is 0. The highest BCUT2D eigenvalue weighted by Crippen LogP contribution is 2.68. The predicted octanol–water partition coefficient (Wildman–Crippen LogP) is 6.88. The van der Waals surface area contributed by atoms with E-state index in [-0.39, 0.29) is 15.1 Å². The van der Waals surface area contributed by atoms with Gasteiger partial charge in [0, 0.05) is 0 Å². The van der Waals surface area contributed by atoms with Crippen molar-refractivity contribution in [1.82, 2.24) is 0 Å². The maximum absolute atomic E-state index is 6.94. The van der Waals surface area contributed by atoms with Crippen molar-refractivity contribution < 1.29 is 0 Å². The highest BCUT2D eigenvalue weighted by molar-refractivity contribution is 9.55. The van der Waals surface area contributed by atoms with Gasteiger partial charge in [-0.15, -0.1) is 11.1 Å². The van der Waals surface area contributed by atoms with Gasteiger partial charge in [-0.2, -0.15) is 0 Å². The van der Waals surface area contributed by atoms with Crippen molar-refractivity contribution in [3.8, 4) is 0 Å². The molecule has 0 nitrogen and oxygen atoms in total. The molecule has 0 saturated carbocycles. The van der Waals surface area contributed by atoms with Crippen LogP contribution in [0.15, 0.2) is 0 Å². The van der Waals surface area contributed by atoms with E-state index < -0.39 is 11.7 Å². The SMILES string of the molecule is CC(C)(C)[Si](C(C)(C)C)(C(C)(C)C)[Si](Cl)(Br)Br. The van der Waals surface area contributed by atoms with E-state index >= 15 is 0 Å². The van der Waals surface area contributed by atoms with Gasteiger partial charge in [0.05, 0.1) is 0 Å². The summed E-state index contributed by atoms with van der Waals surface area (Å²) in [6, 6.07) is 0. The van der Waals surface area contributed by atoms with Gasteiger partial charge in [-0.05, 0) is 15.1 Å². The van der Waals surface area contributed by atoms with Crippen molar-refractivity contribution in [1.29, 1.82) is 0 Å². The number of hydrogen-bond donors (Lipinski definition) is 0. The third-order valence-corrected chi connectivity index (χ3v) is 34.0. The van der Waals surface area contributed by atoms with E-state index in [2.05, 4.69) is 92.9 Å². The summed E-state index contributed by atoms with van der Waals surface area (Å²) < 4.78 is -2.11. The molecule has 0 amide bonds. The Balaban J connectivity index is 6.37. The second-order valence-electron chi connectivity index (χ2n) is 8.00. The molecule has 0 fully saturated rings. The monoisotopic (exact) mass is 420 g/mol. The van der Waals surface area contributed by atoms with Crippen LogP contribution < -0.4 is 0 Å². The molecule has 17 heavy (non-hydrogen) atoms. The Hall–Kier alpha value is 1.68. The molecule has 104 valence electrons. The molecular formula is C12H27Br2ClSi2. The second-order valence-corrected chi connectivity index (χ2v) is 39.6. The topological polar surface area (TPSA) is 0 Å². The number of rotatable bonds is 1. The zero-order valence-corrected chi connectivity index (χ0v) is 18.6. The van der Waals surface area contributed by atoms with Gasteiger partial charge in [-0.3, -0.25) is 0 Å². The van der Waals surface area contributed by atoms with Gasteiger partial charge in [0.1, 0.15) is 7.59 Å². The van der Waals surface area contributed by atoms with Crippen molar-refractivity contribution in [2.75, 3.05) is 0 Å². The molecule has 0 atom stereocenters. The van der Waals surface area contributed by atoms with Crippen LogP contribution in [0.25, 0.3) is 0 Å². The van der Waals surface area contributed by atoms with Crippen LogP contribution in [0.3, 0.4) is 0 Å². The smallest absolute Gasteiger partial charge is 0.141 e. The van der Waals surface area contributed by atoms with E-state index in [0.29, 0.717) is 0 Å². The molecule has 0 aromatic heterocycles. The summed E-state index contributed by atoms with van der Waals surface area (Å²) in [6.45, 7) is 21.3. The molecule has 0 saturated heterocycles. The molecule has 0 aromatic carbocycles. The van der Waals surface area contributed by atoms with E-state index in [1.165, 1.54) is 0 Å². The summed E-state index contributed by atoms with van der Waals surface area (Å²) >= 11 is 14.7. The lowest BCUT2D eigenvalue weighted by molar-refractivity contribution is 0.555. The highest BCUT2D eigenvalue weighted by atomic mass is 79.9. The first-order valence-electron chi connectivity index (χ1n) is 6.07. The third kappa shape index (κ3) is 3.06. The Bertz CT molecular complexity index is 215. The fraction of sp³-hybridized carbons (Fsp3) is 1.00. The van der Waals surface area contributed by atoms with E-state index in [9.17, 15) is 0 Å². The first-order chi connectivity index (χ1) is 7.00. The minimum atomic E-state index is -2.11. The molecule has 0 heterocycles. The zero-order valence-electron chi connectivity index (χ0n) is 12.6. The van der Waals surface area contributed by atoms with Gasteiger partial charge in [0.25, 0.3) is 4.14 Å². The number of hydrogen-bond acceptors (Lipinski definition) is 0. The Morgan fingerprint density at radius 3 is 0.824 bits per heavy atom. The van der Waals surface area contributed by atoms with E-state index in [4.69, 9.17) is 11.1 Å². The van der Waals surface area contributed by atoms with E-state index in [0.717, 1.165) is 0 Å². The lowest BCUT2D eigenvalue weighted by Gasteiger charge is -2.62. The molecule has 0 aliphatic heterocycles. The lowest BCUT2D eigenvalue weighted by Crippen LogP contribution is -2.69. The molecule has 0 bridgehead atoms. The molecule has 0 spiro atoms. The molecule has 0 rings (SSSR count). The Labute approximate surface area is 130 Å². The van der Waals surface area contributed by atoms with Crippen molar-refractivity contribution in [3.05, 3.63) is 0 Å².